The van der Waals surface area contributed by atoms with Gasteiger partial charge in [0.15, 0.2) is 0 Å². The number of alkyl halides is 2. The van der Waals surface area contributed by atoms with E-state index in [2.05, 4.69) is 4.98 Å². The Morgan fingerprint density at radius 3 is 2.60 bits per heavy atom. The SMILES string of the molecule is NC(c1cc[nH]c1)C(F)F. The molecule has 1 rings (SSSR count). The number of rotatable bonds is 2. The van der Waals surface area contributed by atoms with E-state index in [0.717, 1.165) is 0 Å². The summed E-state index contributed by atoms with van der Waals surface area (Å²) in [7, 11) is 0. The van der Waals surface area contributed by atoms with Crippen LogP contribution in [0.4, 0.5) is 8.78 Å². The average Bonchev–Trinajstić information content (AvgIpc) is 2.36. The molecule has 1 atom stereocenters. The van der Waals surface area contributed by atoms with Gasteiger partial charge in [0.2, 0.25) is 0 Å². The molecule has 1 unspecified atom stereocenters. The maximum Gasteiger partial charge on any atom is 0.257 e. The number of hydrogen-bond donors (Lipinski definition) is 2. The molecule has 0 aliphatic carbocycles. The Labute approximate surface area is 57.0 Å². The largest absolute Gasteiger partial charge is 0.367 e. The second kappa shape index (κ2) is 2.79. The highest BCUT2D eigenvalue weighted by molar-refractivity contribution is 5.13. The lowest BCUT2D eigenvalue weighted by Crippen LogP contribution is -2.17. The van der Waals surface area contributed by atoms with Crippen LogP contribution in [0.15, 0.2) is 18.5 Å². The van der Waals surface area contributed by atoms with Crippen molar-refractivity contribution in [2.24, 2.45) is 5.73 Å². The Morgan fingerprint density at radius 2 is 2.20 bits per heavy atom. The zero-order chi connectivity index (χ0) is 7.56. The summed E-state index contributed by atoms with van der Waals surface area (Å²) >= 11 is 0. The highest BCUT2D eigenvalue weighted by Gasteiger charge is 2.16. The summed E-state index contributed by atoms with van der Waals surface area (Å²) in [5.41, 5.74) is 5.55. The van der Waals surface area contributed by atoms with Gasteiger partial charge in [0.1, 0.15) is 0 Å². The van der Waals surface area contributed by atoms with E-state index in [0.29, 0.717) is 5.56 Å². The monoisotopic (exact) mass is 146 g/mol. The number of aromatic amines is 1. The first-order valence-electron chi connectivity index (χ1n) is 2.88. The predicted molar refractivity (Wildman–Crippen MR) is 33.7 cm³/mol. The van der Waals surface area contributed by atoms with E-state index in [-0.39, 0.29) is 0 Å². The lowest BCUT2D eigenvalue weighted by atomic mass is 10.2. The van der Waals surface area contributed by atoms with Crippen molar-refractivity contribution in [3.8, 4) is 0 Å². The quantitative estimate of drug-likeness (QED) is 0.648. The second-order valence-corrected chi connectivity index (χ2v) is 2.00. The Balaban J connectivity index is 2.68. The average molecular weight is 146 g/mol. The fourth-order valence-electron chi connectivity index (χ4n) is 0.690. The molecule has 4 heteroatoms. The minimum Gasteiger partial charge on any atom is -0.367 e. The highest BCUT2D eigenvalue weighted by atomic mass is 19.3. The molecule has 1 aromatic rings. The number of H-pyrrole nitrogens is 1. The van der Waals surface area contributed by atoms with Crippen LogP contribution in [0.2, 0.25) is 0 Å². The molecule has 0 bridgehead atoms. The fraction of sp³-hybridized carbons (Fsp3) is 0.333. The van der Waals surface area contributed by atoms with E-state index in [1.807, 2.05) is 0 Å². The van der Waals surface area contributed by atoms with Crippen molar-refractivity contribution in [2.75, 3.05) is 0 Å². The maximum absolute atomic E-state index is 11.9. The van der Waals surface area contributed by atoms with Gasteiger partial charge in [-0.05, 0) is 11.6 Å². The molecule has 0 radical (unpaired) electrons. The lowest BCUT2D eigenvalue weighted by molar-refractivity contribution is 0.116. The van der Waals surface area contributed by atoms with E-state index in [4.69, 9.17) is 5.73 Å². The van der Waals surface area contributed by atoms with Crippen LogP contribution in [0, 0.1) is 0 Å². The Kier molecular flexibility index (Phi) is 2.01. The zero-order valence-corrected chi connectivity index (χ0v) is 5.22. The first-order chi connectivity index (χ1) is 4.72. The molecule has 0 fully saturated rings. The molecule has 0 saturated heterocycles. The topological polar surface area (TPSA) is 41.8 Å². The molecule has 1 aromatic heterocycles. The minimum absolute atomic E-state index is 0.440. The predicted octanol–water partition coefficient (Wildman–Crippen LogP) is 1.28. The van der Waals surface area contributed by atoms with Gasteiger partial charge in [0.05, 0.1) is 6.04 Å². The molecule has 0 aliphatic heterocycles. The summed E-state index contributed by atoms with van der Waals surface area (Å²) in [4.78, 5) is 2.65. The van der Waals surface area contributed by atoms with Gasteiger partial charge >= 0.3 is 0 Å². The number of nitrogens with two attached hydrogens (primary N) is 1. The van der Waals surface area contributed by atoms with Crippen LogP contribution in [-0.2, 0) is 0 Å². The fourth-order valence-corrected chi connectivity index (χ4v) is 0.690. The molecule has 2 nitrogen and oxygen atoms in total. The highest BCUT2D eigenvalue weighted by Crippen LogP contribution is 2.16. The van der Waals surface area contributed by atoms with Gasteiger partial charge in [0, 0.05) is 12.4 Å². The van der Waals surface area contributed by atoms with Gasteiger partial charge in [-0.1, -0.05) is 0 Å². The van der Waals surface area contributed by atoms with Gasteiger partial charge in [-0.15, -0.1) is 0 Å². The summed E-state index contributed by atoms with van der Waals surface area (Å²) in [5, 5.41) is 0. The van der Waals surface area contributed by atoms with Crippen molar-refractivity contribution in [3.05, 3.63) is 24.0 Å². The Hall–Kier alpha value is -0.900. The molecule has 0 spiro atoms. The van der Waals surface area contributed by atoms with Crippen molar-refractivity contribution >= 4 is 0 Å². The van der Waals surface area contributed by atoms with Crippen LogP contribution < -0.4 is 5.73 Å². The van der Waals surface area contributed by atoms with Gasteiger partial charge in [0.25, 0.3) is 6.43 Å². The molecular formula is C6H8F2N2. The maximum atomic E-state index is 11.9. The van der Waals surface area contributed by atoms with E-state index in [9.17, 15) is 8.78 Å². The Morgan fingerprint density at radius 1 is 1.50 bits per heavy atom. The summed E-state index contributed by atoms with van der Waals surface area (Å²) in [6, 6.07) is 0.378. The molecule has 1 heterocycles. The van der Waals surface area contributed by atoms with E-state index >= 15 is 0 Å². The molecule has 0 saturated carbocycles. The third kappa shape index (κ3) is 1.33. The smallest absolute Gasteiger partial charge is 0.257 e. The van der Waals surface area contributed by atoms with Crippen LogP contribution in [0.25, 0.3) is 0 Å². The molecule has 10 heavy (non-hydrogen) atoms. The van der Waals surface area contributed by atoms with E-state index in [1.165, 1.54) is 12.3 Å². The molecular weight excluding hydrogens is 138 g/mol. The normalized spacial score (nSPS) is 14.0. The van der Waals surface area contributed by atoms with Crippen molar-refractivity contribution in [3.63, 3.8) is 0 Å². The van der Waals surface area contributed by atoms with Gasteiger partial charge in [-0.2, -0.15) is 0 Å². The van der Waals surface area contributed by atoms with Gasteiger partial charge in [-0.25, -0.2) is 8.78 Å². The molecule has 0 amide bonds. The van der Waals surface area contributed by atoms with Crippen LogP contribution in [0.5, 0.6) is 0 Å². The van der Waals surface area contributed by atoms with E-state index in [1.54, 1.807) is 6.20 Å². The van der Waals surface area contributed by atoms with Crippen LogP contribution >= 0.6 is 0 Å². The van der Waals surface area contributed by atoms with Crippen molar-refractivity contribution < 1.29 is 8.78 Å². The van der Waals surface area contributed by atoms with Gasteiger partial charge < -0.3 is 10.7 Å². The van der Waals surface area contributed by atoms with Gasteiger partial charge in [-0.3, -0.25) is 0 Å². The van der Waals surface area contributed by atoms with Crippen LogP contribution in [0.1, 0.15) is 11.6 Å². The number of halogens is 2. The minimum atomic E-state index is -2.49. The number of aromatic nitrogens is 1. The summed E-state index contributed by atoms with van der Waals surface area (Å²) in [6.07, 6.45) is 0.546. The molecule has 3 N–H and O–H groups in total. The third-order valence-electron chi connectivity index (χ3n) is 1.28. The van der Waals surface area contributed by atoms with Crippen LogP contribution in [0.3, 0.4) is 0 Å². The third-order valence-corrected chi connectivity index (χ3v) is 1.28. The molecule has 56 valence electrons. The lowest BCUT2D eigenvalue weighted by Gasteiger charge is -2.06. The molecule has 0 aromatic carbocycles. The number of hydrogen-bond acceptors (Lipinski definition) is 1. The second-order valence-electron chi connectivity index (χ2n) is 2.00. The number of nitrogens with one attached hydrogen (secondary N) is 1. The van der Waals surface area contributed by atoms with Crippen LogP contribution in [-0.4, -0.2) is 11.4 Å². The summed E-state index contributed by atoms with van der Waals surface area (Å²) in [6.45, 7) is 0. The van der Waals surface area contributed by atoms with Crippen molar-refractivity contribution in [1.82, 2.24) is 4.98 Å². The zero-order valence-electron chi connectivity index (χ0n) is 5.22. The first kappa shape index (κ1) is 7.21. The van der Waals surface area contributed by atoms with Crippen molar-refractivity contribution in [2.45, 2.75) is 12.5 Å². The summed E-state index contributed by atoms with van der Waals surface area (Å²) < 4.78 is 23.7. The molecule has 0 aliphatic rings. The first-order valence-corrected chi connectivity index (χ1v) is 2.88. The Bertz CT molecular complexity index is 184. The van der Waals surface area contributed by atoms with Crippen molar-refractivity contribution in [1.29, 1.82) is 0 Å². The van der Waals surface area contributed by atoms with E-state index < -0.39 is 12.5 Å². The standard InChI is InChI=1S/C6H8F2N2/c7-6(8)5(9)4-1-2-10-3-4/h1-3,5-6,10H,9H2. The summed E-state index contributed by atoms with van der Waals surface area (Å²) in [5.74, 6) is 0.